The van der Waals surface area contributed by atoms with Gasteiger partial charge in [-0.3, -0.25) is 9.59 Å². The second kappa shape index (κ2) is 9.20. The molecule has 3 N–H and O–H groups in total. The molecule has 5 nitrogen and oxygen atoms in total. The zero-order valence-electron chi connectivity index (χ0n) is 14.0. The fourth-order valence-electron chi connectivity index (χ4n) is 2.19. The molecule has 1 aromatic carbocycles. The van der Waals surface area contributed by atoms with E-state index in [-0.39, 0.29) is 11.8 Å². The number of anilines is 1. The molecule has 0 aliphatic rings. The van der Waals surface area contributed by atoms with Gasteiger partial charge in [0.05, 0.1) is 5.56 Å². The summed E-state index contributed by atoms with van der Waals surface area (Å²) in [7, 11) is 0. The molecule has 0 bridgehead atoms. The first-order chi connectivity index (χ1) is 11.7. The Hall–Kier alpha value is -2.18. The van der Waals surface area contributed by atoms with Crippen LogP contribution >= 0.6 is 11.3 Å². The predicted octanol–water partition coefficient (Wildman–Crippen LogP) is 2.90. The Morgan fingerprint density at radius 1 is 1.00 bits per heavy atom. The molecule has 0 saturated carbocycles. The number of likely N-dealkylation sites (N-methyl/N-ethyl adjacent to an activating group) is 1. The number of benzene rings is 1. The summed E-state index contributed by atoms with van der Waals surface area (Å²) in [5.74, 6) is -0.382. The minimum Gasteiger partial charge on any atom is -0.351 e. The van der Waals surface area contributed by atoms with Crippen molar-refractivity contribution in [3.05, 3.63) is 52.4 Å². The van der Waals surface area contributed by atoms with Crippen LogP contribution in [0.4, 0.5) is 5.00 Å². The van der Waals surface area contributed by atoms with Gasteiger partial charge < -0.3 is 16.0 Å². The lowest BCUT2D eigenvalue weighted by Crippen LogP contribution is -2.32. The van der Waals surface area contributed by atoms with Crippen LogP contribution in [0.2, 0.25) is 0 Å². The zero-order valence-corrected chi connectivity index (χ0v) is 14.8. The summed E-state index contributed by atoms with van der Waals surface area (Å²) in [4.78, 5) is 24.5. The maximum absolute atomic E-state index is 12.3. The third kappa shape index (κ3) is 4.91. The topological polar surface area (TPSA) is 70.2 Å². The summed E-state index contributed by atoms with van der Waals surface area (Å²) in [6, 6.07) is 9.22. The van der Waals surface area contributed by atoms with Crippen LogP contribution in [0.1, 0.15) is 40.1 Å². The van der Waals surface area contributed by atoms with Crippen molar-refractivity contribution in [3.8, 4) is 0 Å². The van der Waals surface area contributed by atoms with Crippen LogP contribution in [0.15, 0.2) is 35.7 Å². The van der Waals surface area contributed by atoms with Crippen molar-refractivity contribution in [2.45, 2.75) is 20.3 Å². The fourth-order valence-corrected chi connectivity index (χ4v) is 2.97. The molecule has 0 radical (unpaired) electrons. The van der Waals surface area contributed by atoms with Gasteiger partial charge in [0, 0.05) is 18.7 Å². The molecule has 24 heavy (non-hydrogen) atoms. The normalized spacial score (nSPS) is 10.4. The molecule has 2 aromatic rings. The van der Waals surface area contributed by atoms with Crippen LogP contribution in [0.3, 0.4) is 0 Å². The Morgan fingerprint density at radius 2 is 1.75 bits per heavy atom. The van der Waals surface area contributed by atoms with Crippen molar-refractivity contribution in [2.75, 3.05) is 25.0 Å². The minimum atomic E-state index is -0.207. The Balaban J connectivity index is 1.98. The van der Waals surface area contributed by atoms with E-state index in [0.29, 0.717) is 22.7 Å². The van der Waals surface area contributed by atoms with Crippen molar-refractivity contribution < 1.29 is 9.59 Å². The quantitative estimate of drug-likeness (QED) is 0.644. The molecule has 1 heterocycles. The van der Waals surface area contributed by atoms with Gasteiger partial charge in [-0.25, -0.2) is 0 Å². The third-order valence-electron chi connectivity index (χ3n) is 3.60. The molecular formula is C18H23N3O2S. The van der Waals surface area contributed by atoms with E-state index in [9.17, 15) is 9.59 Å². The molecule has 0 aliphatic heterocycles. The third-order valence-corrected chi connectivity index (χ3v) is 4.43. The zero-order chi connectivity index (χ0) is 17.4. The van der Waals surface area contributed by atoms with Gasteiger partial charge in [-0.1, -0.05) is 26.0 Å². The second-order valence-electron chi connectivity index (χ2n) is 5.28. The molecule has 0 fully saturated rings. The monoisotopic (exact) mass is 345 g/mol. The number of rotatable bonds is 8. The molecule has 0 aliphatic carbocycles. The van der Waals surface area contributed by atoms with Crippen LogP contribution in [0, 0.1) is 0 Å². The second-order valence-corrected chi connectivity index (χ2v) is 6.19. The average molecular weight is 345 g/mol. The van der Waals surface area contributed by atoms with E-state index in [1.54, 1.807) is 23.6 Å². The number of nitrogens with one attached hydrogen (secondary N) is 3. The van der Waals surface area contributed by atoms with Crippen LogP contribution in [0.5, 0.6) is 0 Å². The maximum Gasteiger partial charge on any atom is 0.256 e. The first-order valence-electron chi connectivity index (χ1n) is 8.12. The van der Waals surface area contributed by atoms with E-state index in [1.807, 2.05) is 19.1 Å². The van der Waals surface area contributed by atoms with E-state index < -0.39 is 0 Å². The Morgan fingerprint density at radius 3 is 2.42 bits per heavy atom. The van der Waals surface area contributed by atoms with Gasteiger partial charge in [0.2, 0.25) is 0 Å². The molecule has 2 rings (SSSR count). The van der Waals surface area contributed by atoms with Crippen molar-refractivity contribution in [3.63, 3.8) is 0 Å². The summed E-state index contributed by atoms with van der Waals surface area (Å²) >= 11 is 1.34. The molecule has 2 amide bonds. The number of aryl methyl sites for hydroxylation is 1. The number of thiophene rings is 1. The van der Waals surface area contributed by atoms with Gasteiger partial charge in [-0.05, 0) is 42.1 Å². The van der Waals surface area contributed by atoms with E-state index >= 15 is 0 Å². The minimum absolute atomic E-state index is 0.175. The molecule has 0 spiro atoms. The fraction of sp³-hybridized carbons (Fsp3) is 0.333. The van der Waals surface area contributed by atoms with Crippen molar-refractivity contribution in [1.29, 1.82) is 0 Å². The predicted molar refractivity (Wildman–Crippen MR) is 99.0 cm³/mol. The van der Waals surface area contributed by atoms with Gasteiger partial charge in [0.1, 0.15) is 5.00 Å². The average Bonchev–Trinajstić information content (AvgIpc) is 3.06. The lowest BCUT2D eigenvalue weighted by Gasteiger charge is -2.08. The molecule has 0 atom stereocenters. The summed E-state index contributed by atoms with van der Waals surface area (Å²) in [5, 5.41) is 11.2. The number of carbonyl (C=O) groups excluding carboxylic acids is 2. The van der Waals surface area contributed by atoms with E-state index in [4.69, 9.17) is 0 Å². The summed E-state index contributed by atoms with van der Waals surface area (Å²) < 4.78 is 0. The molecular weight excluding hydrogens is 322 g/mol. The van der Waals surface area contributed by atoms with Crippen molar-refractivity contribution in [2.24, 2.45) is 0 Å². The van der Waals surface area contributed by atoms with Crippen LogP contribution in [0.25, 0.3) is 0 Å². The Kier molecular flexibility index (Phi) is 6.96. The summed E-state index contributed by atoms with van der Waals surface area (Å²) in [5.41, 5.74) is 2.26. The van der Waals surface area contributed by atoms with Gasteiger partial charge in [0.15, 0.2) is 0 Å². The van der Waals surface area contributed by atoms with Crippen LogP contribution < -0.4 is 16.0 Å². The molecule has 0 unspecified atom stereocenters. The molecule has 6 heteroatoms. The van der Waals surface area contributed by atoms with Gasteiger partial charge >= 0.3 is 0 Å². The lowest BCUT2D eigenvalue weighted by molar-refractivity contribution is 0.0955. The van der Waals surface area contributed by atoms with Crippen LogP contribution in [-0.4, -0.2) is 31.4 Å². The molecule has 128 valence electrons. The van der Waals surface area contributed by atoms with Gasteiger partial charge in [0.25, 0.3) is 11.8 Å². The van der Waals surface area contributed by atoms with Gasteiger partial charge in [-0.2, -0.15) is 0 Å². The first kappa shape index (κ1) is 18.2. The maximum atomic E-state index is 12.3. The largest absolute Gasteiger partial charge is 0.351 e. The van der Waals surface area contributed by atoms with Gasteiger partial charge in [-0.15, -0.1) is 11.3 Å². The van der Waals surface area contributed by atoms with E-state index in [1.165, 1.54) is 16.9 Å². The standard InChI is InChI=1S/C18H23N3O2S/c1-3-13-5-7-14(8-6-13)16(22)21-18-15(9-12-24-18)17(23)20-11-10-19-4-2/h5-9,12,19H,3-4,10-11H2,1-2H3,(H,20,23)(H,21,22). The SMILES string of the molecule is CCNCCNC(=O)c1ccsc1NC(=O)c1ccc(CC)cc1. The highest BCUT2D eigenvalue weighted by atomic mass is 32.1. The lowest BCUT2D eigenvalue weighted by atomic mass is 10.1. The highest BCUT2D eigenvalue weighted by Gasteiger charge is 2.15. The first-order valence-corrected chi connectivity index (χ1v) is 9.00. The van der Waals surface area contributed by atoms with E-state index in [2.05, 4.69) is 22.9 Å². The van der Waals surface area contributed by atoms with Crippen molar-refractivity contribution >= 4 is 28.2 Å². The Labute approximate surface area is 146 Å². The number of carbonyl (C=O) groups is 2. The summed E-state index contributed by atoms with van der Waals surface area (Å²) in [6.45, 7) is 6.22. The Bertz CT molecular complexity index is 680. The highest BCUT2D eigenvalue weighted by Crippen LogP contribution is 2.24. The van der Waals surface area contributed by atoms with Crippen molar-refractivity contribution in [1.82, 2.24) is 10.6 Å². The smallest absolute Gasteiger partial charge is 0.256 e. The summed E-state index contributed by atoms with van der Waals surface area (Å²) in [6.07, 6.45) is 0.935. The van der Waals surface area contributed by atoms with Crippen LogP contribution in [-0.2, 0) is 6.42 Å². The number of hydrogen-bond donors (Lipinski definition) is 3. The van der Waals surface area contributed by atoms with E-state index in [0.717, 1.165) is 19.5 Å². The number of hydrogen-bond acceptors (Lipinski definition) is 4. The molecule has 1 aromatic heterocycles. The highest BCUT2D eigenvalue weighted by molar-refractivity contribution is 7.14. The molecule has 0 saturated heterocycles. The number of amides is 2.